The number of hydrogen-bond donors (Lipinski definition) is 1. The molecule has 1 aliphatic rings. The third-order valence-electron chi connectivity index (χ3n) is 5.01. The number of carbonyl (C=O) groups excluding carboxylic acids is 2. The minimum atomic E-state index is -0.896. The van der Waals surface area contributed by atoms with E-state index in [1.165, 1.54) is 6.08 Å². The number of allylic oxidation sites excluding steroid dienone is 15. The normalized spacial score (nSPS) is 21.8. The monoisotopic (exact) mass is 406 g/mol. The highest BCUT2D eigenvalue weighted by atomic mass is 16.3. The first-order chi connectivity index (χ1) is 14.1. The van der Waals surface area contributed by atoms with Crippen LogP contribution in [-0.2, 0) is 9.59 Å². The third kappa shape index (κ3) is 8.30. The van der Waals surface area contributed by atoms with Crippen LogP contribution in [0.4, 0.5) is 0 Å². The van der Waals surface area contributed by atoms with Gasteiger partial charge >= 0.3 is 0 Å². The molecule has 0 bridgehead atoms. The molecule has 0 aromatic carbocycles. The van der Waals surface area contributed by atoms with Gasteiger partial charge in [-0.2, -0.15) is 0 Å². The minimum Gasteiger partial charge on any atom is -0.385 e. The molecule has 160 valence electrons. The summed E-state index contributed by atoms with van der Waals surface area (Å²) in [5, 5.41) is 9.93. The van der Waals surface area contributed by atoms with Crippen molar-refractivity contribution in [1.29, 1.82) is 0 Å². The molecule has 0 fully saturated rings. The molecule has 1 unspecified atom stereocenters. The summed E-state index contributed by atoms with van der Waals surface area (Å²) in [6.07, 6.45) is 21.5. The van der Waals surface area contributed by atoms with E-state index < -0.39 is 6.10 Å². The van der Waals surface area contributed by atoms with Crippen molar-refractivity contribution in [2.24, 2.45) is 5.41 Å². The van der Waals surface area contributed by atoms with Crippen LogP contribution < -0.4 is 0 Å². The molecular weight excluding hydrogens is 372 g/mol. The number of hydrogen-bond acceptors (Lipinski definition) is 3. The molecule has 0 aromatic rings. The summed E-state index contributed by atoms with van der Waals surface area (Å²) < 4.78 is 0. The van der Waals surface area contributed by atoms with E-state index in [9.17, 15) is 14.7 Å². The number of aldehydes is 1. The fourth-order valence-electron chi connectivity index (χ4n) is 3.27. The first-order valence-corrected chi connectivity index (χ1v) is 10.2. The fraction of sp³-hybridized carbons (Fsp3) is 0.333. The van der Waals surface area contributed by atoms with Gasteiger partial charge in [0.2, 0.25) is 0 Å². The smallest absolute Gasteiger partial charge is 0.187 e. The standard InChI is InChI=1S/C27H34O3/c1-20(11-7-8-12-21(2)15-10-18-28)13-9-14-22(3)16-17-24-23(4)26(30)25(29)19-27(24,5)6/h7-18,25,29H,19H2,1-6H3. The molecule has 0 saturated carbocycles. The first kappa shape index (κ1) is 25.3. The van der Waals surface area contributed by atoms with E-state index in [1.807, 2.05) is 75.5 Å². The van der Waals surface area contributed by atoms with E-state index in [0.717, 1.165) is 28.6 Å². The zero-order valence-corrected chi connectivity index (χ0v) is 19.0. The zero-order valence-electron chi connectivity index (χ0n) is 19.0. The summed E-state index contributed by atoms with van der Waals surface area (Å²) >= 11 is 0. The number of aliphatic hydroxyl groups is 1. The first-order valence-electron chi connectivity index (χ1n) is 10.2. The van der Waals surface area contributed by atoms with E-state index in [2.05, 4.69) is 13.8 Å². The summed E-state index contributed by atoms with van der Waals surface area (Å²) in [6, 6.07) is 0. The fourth-order valence-corrected chi connectivity index (χ4v) is 3.27. The molecule has 0 saturated heterocycles. The Labute approximate surface area is 181 Å². The van der Waals surface area contributed by atoms with Gasteiger partial charge in [0.25, 0.3) is 0 Å². The maximum atomic E-state index is 12.1. The lowest BCUT2D eigenvalue weighted by Crippen LogP contribution is -2.35. The predicted octanol–water partition coefficient (Wildman–Crippen LogP) is 5.93. The zero-order chi connectivity index (χ0) is 22.7. The average Bonchev–Trinajstić information content (AvgIpc) is 2.67. The quantitative estimate of drug-likeness (QED) is 0.309. The number of rotatable bonds is 8. The van der Waals surface area contributed by atoms with Gasteiger partial charge in [0.1, 0.15) is 12.4 Å². The van der Waals surface area contributed by atoms with Crippen molar-refractivity contribution in [3.8, 4) is 0 Å². The second-order valence-electron chi connectivity index (χ2n) is 8.31. The van der Waals surface area contributed by atoms with Crippen LogP contribution in [0.1, 0.15) is 48.0 Å². The van der Waals surface area contributed by atoms with Gasteiger partial charge in [-0.15, -0.1) is 0 Å². The van der Waals surface area contributed by atoms with E-state index >= 15 is 0 Å². The van der Waals surface area contributed by atoms with Crippen molar-refractivity contribution in [2.75, 3.05) is 0 Å². The van der Waals surface area contributed by atoms with Crippen molar-refractivity contribution >= 4 is 12.1 Å². The highest BCUT2D eigenvalue weighted by Gasteiger charge is 2.36. The Balaban J connectivity index is 2.79. The second-order valence-corrected chi connectivity index (χ2v) is 8.31. The molecular formula is C27H34O3. The van der Waals surface area contributed by atoms with Crippen molar-refractivity contribution < 1.29 is 14.7 Å². The minimum absolute atomic E-state index is 0.172. The van der Waals surface area contributed by atoms with Gasteiger partial charge in [-0.1, -0.05) is 91.3 Å². The molecule has 0 aromatic heterocycles. The largest absolute Gasteiger partial charge is 0.385 e. The molecule has 0 amide bonds. The van der Waals surface area contributed by atoms with E-state index in [0.29, 0.717) is 12.0 Å². The van der Waals surface area contributed by atoms with Crippen LogP contribution in [0.2, 0.25) is 0 Å². The average molecular weight is 407 g/mol. The van der Waals surface area contributed by atoms with E-state index in [4.69, 9.17) is 0 Å². The molecule has 1 rings (SSSR count). The van der Waals surface area contributed by atoms with E-state index in [-0.39, 0.29) is 11.2 Å². The van der Waals surface area contributed by atoms with Gasteiger partial charge in [-0.05, 0) is 56.8 Å². The molecule has 0 spiro atoms. The van der Waals surface area contributed by atoms with Crippen LogP contribution in [0, 0.1) is 5.41 Å². The predicted molar refractivity (Wildman–Crippen MR) is 126 cm³/mol. The van der Waals surface area contributed by atoms with E-state index in [1.54, 1.807) is 13.0 Å². The topological polar surface area (TPSA) is 54.4 Å². The maximum Gasteiger partial charge on any atom is 0.187 e. The Kier molecular flexibility index (Phi) is 10.1. The van der Waals surface area contributed by atoms with Crippen LogP contribution in [0.15, 0.2) is 94.7 Å². The Morgan fingerprint density at radius 2 is 1.40 bits per heavy atom. The Bertz CT molecular complexity index is 881. The van der Waals surface area contributed by atoms with Gasteiger partial charge in [-0.25, -0.2) is 0 Å². The van der Waals surface area contributed by atoms with Crippen molar-refractivity contribution in [1.82, 2.24) is 0 Å². The molecule has 0 heterocycles. The Morgan fingerprint density at radius 3 is 1.97 bits per heavy atom. The summed E-state index contributed by atoms with van der Waals surface area (Å²) in [7, 11) is 0. The molecule has 3 nitrogen and oxygen atoms in total. The summed E-state index contributed by atoms with van der Waals surface area (Å²) in [5.74, 6) is -0.172. The SMILES string of the molecule is CC(C=CC=O)=CC=CC=C(C)C=CC=C(C)C=CC1=C(C)C(=O)C(O)CC1(C)C. The van der Waals surface area contributed by atoms with Crippen LogP contribution in [0.25, 0.3) is 0 Å². The number of aliphatic hydroxyl groups excluding tert-OH is 1. The second kappa shape index (κ2) is 12.0. The summed E-state index contributed by atoms with van der Waals surface area (Å²) in [4.78, 5) is 22.4. The van der Waals surface area contributed by atoms with Gasteiger partial charge in [0.15, 0.2) is 5.78 Å². The van der Waals surface area contributed by atoms with Gasteiger partial charge in [-0.3, -0.25) is 9.59 Å². The molecule has 1 aliphatic carbocycles. The van der Waals surface area contributed by atoms with Gasteiger partial charge in [0.05, 0.1) is 0 Å². The Hall–Kier alpha value is -2.78. The van der Waals surface area contributed by atoms with Crippen LogP contribution >= 0.6 is 0 Å². The van der Waals surface area contributed by atoms with Crippen molar-refractivity contribution in [3.05, 3.63) is 94.7 Å². The number of ketones is 1. The van der Waals surface area contributed by atoms with Crippen molar-refractivity contribution in [2.45, 2.75) is 54.1 Å². The number of Topliss-reactive ketones (excluding diaryl/α,β-unsaturated/α-hetero) is 1. The lowest BCUT2D eigenvalue weighted by atomic mass is 9.71. The van der Waals surface area contributed by atoms with Gasteiger partial charge < -0.3 is 5.11 Å². The molecule has 30 heavy (non-hydrogen) atoms. The van der Waals surface area contributed by atoms with Crippen molar-refractivity contribution in [3.63, 3.8) is 0 Å². The molecule has 1 N–H and O–H groups in total. The lowest BCUT2D eigenvalue weighted by Gasteiger charge is -2.34. The van der Waals surface area contributed by atoms with Crippen LogP contribution in [0.3, 0.4) is 0 Å². The van der Waals surface area contributed by atoms with Crippen LogP contribution in [-0.4, -0.2) is 23.3 Å². The van der Waals surface area contributed by atoms with Crippen LogP contribution in [0.5, 0.6) is 0 Å². The molecule has 0 aliphatic heterocycles. The maximum absolute atomic E-state index is 12.1. The highest BCUT2D eigenvalue weighted by molar-refractivity contribution is 6.00. The highest BCUT2D eigenvalue weighted by Crippen LogP contribution is 2.39. The lowest BCUT2D eigenvalue weighted by molar-refractivity contribution is -0.125. The summed E-state index contributed by atoms with van der Waals surface area (Å²) in [5.41, 5.74) is 4.60. The number of carbonyl (C=O) groups is 2. The molecule has 3 heteroatoms. The molecule has 0 radical (unpaired) electrons. The summed E-state index contributed by atoms with van der Waals surface area (Å²) in [6.45, 7) is 11.9. The third-order valence-corrected chi connectivity index (χ3v) is 5.01. The van der Waals surface area contributed by atoms with Gasteiger partial charge in [0, 0.05) is 0 Å². The molecule has 1 atom stereocenters. The Morgan fingerprint density at radius 1 is 0.900 bits per heavy atom.